The Morgan fingerprint density at radius 1 is 1.10 bits per heavy atom. The van der Waals surface area contributed by atoms with Crippen molar-refractivity contribution >= 4 is 28.2 Å². The van der Waals surface area contributed by atoms with Gasteiger partial charge in [-0.2, -0.15) is 5.26 Å². The van der Waals surface area contributed by atoms with Crippen LogP contribution in [0.15, 0.2) is 30.6 Å². The fourth-order valence-electron chi connectivity index (χ4n) is 5.84. The molecule has 0 radical (unpaired) electrons. The van der Waals surface area contributed by atoms with Crippen LogP contribution in [0.25, 0.3) is 10.9 Å². The molecule has 2 aliphatic rings. The average molecular weight is 544 g/mol. The number of piperidine rings is 1. The fraction of sp³-hybridized carbons (Fsp3) is 0.516. The zero-order valence-corrected chi connectivity index (χ0v) is 24.1. The lowest BCUT2D eigenvalue weighted by Gasteiger charge is -2.36. The van der Waals surface area contributed by atoms with Crippen LogP contribution in [-0.4, -0.2) is 63.1 Å². The van der Waals surface area contributed by atoms with E-state index in [1.54, 1.807) is 6.20 Å². The summed E-state index contributed by atoms with van der Waals surface area (Å²) >= 11 is 6.62. The molecule has 0 atom stereocenters. The molecule has 3 aromatic heterocycles. The van der Waals surface area contributed by atoms with Gasteiger partial charge in [0.15, 0.2) is 5.15 Å². The number of aryl methyl sites for hydroxylation is 1. The third-order valence-corrected chi connectivity index (χ3v) is 8.45. The molecule has 2 aliphatic heterocycles. The molecule has 3 aromatic rings. The van der Waals surface area contributed by atoms with E-state index < -0.39 is 5.41 Å². The highest BCUT2D eigenvalue weighted by Crippen LogP contribution is 2.30. The van der Waals surface area contributed by atoms with Gasteiger partial charge in [-0.1, -0.05) is 17.5 Å². The minimum Gasteiger partial charge on any atom is -0.373 e. The van der Waals surface area contributed by atoms with Crippen LogP contribution in [0.2, 0.25) is 5.15 Å². The minimum absolute atomic E-state index is 0.485. The maximum atomic E-state index is 9.31. The fourth-order valence-corrected chi connectivity index (χ4v) is 6.09. The van der Waals surface area contributed by atoms with Crippen molar-refractivity contribution in [1.29, 1.82) is 5.26 Å². The van der Waals surface area contributed by atoms with E-state index >= 15 is 0 Å². The number of aromatic nitrogens is 3. The van der Waals surface area contributed by atoms with Crippen molar-refractivity contribution in [3.63, 3.8) is 0 Å². The second-order valence-electron chi connectivity index (χ2n) is 11.2. The van der Waals surface area contributed by atoms with Gasteiger partial charge in [0.2, 0.25) is 0 Å². The molecule has 0 spiro atoms. The molecular formula is C31H38ClN7. The van der Waals surface area contributed by atoms with Crippen molar-refractivity contribution in [2.75, 3.05) is 38.0 Å². The first-order valence-corrected chi connectivity index (χ1v) is 14.5. The summed E-state index contributed by atoms with van der Waals surface area (Å²) in [5, 5.41) is 14.3. The molecule has 0 amide bonds. The van der Waals surface area contributed by atoms with Gasteiger partial charge >= 0.3 is 0 Å². The third-order valence-electron chi connectivity index (χ3n) is 8.18. The third kappa shape index (κ3) is 6.07. The molecule has 0 saturated carbocycles. The topological polar surface area (TPSA) is 73.0 Å². The number of hydrogen-bond acceptors (Lipinski definition) is 6. The van der Waals surface area contributed by atoms with E-state index in [1.807, 2.05) is 32.2 Å². The van der Waals surface area contributed by atoms with Gasteiger partial charge in [-0.15, -0.1) is 0 Å². The van der Waals surface area contributed by atoms with E-state index in [4.69, 9.17) is 11.6 Å². The monoisotopic (exact) mass is 543 g/mol. The number of nitrogens with zero attached hydrogens (tertiary/aromatic N) is 6. The summed E-state index contributed by atoms with van der Waals surface area (Å²) < 4.78 is 2.17. The Morgan fingerprint density at radius 2 is 1.87 bits per heavy atom. The molecular weight excluding hydrogens is 506 g/mol. The van der Waals surface area contributed by atoms with Gasteiger partial charge in [-0.05, 0) is 102 Å². The maximum Gasteiger partial charge on any atom is 0.153 e. The standard InChI is InChI=1S/C31H38ClN7/c1-4-39-26(8-7-13-34-24-9-10-28(35-20-24)31(2,3)22-33)18-27-23(19-36-30(32)29(27)39)21-37-16-11-25(12-17-37)38-14-5-6-15-38/h9-10,18-20,25,34H,4-6,11-17,21H2,1-3H3. The van der Waals surface area contributed by atoms with Crippen molar-refractivity contribution in [3.8, 4) is 17.9 Å². The number of likely N-dealkylation sites (tertiary alicyclic amines) is 2. The van der Waals surface area contributed by atoms with Crippen LogP contribution >= 0.6 is 11.6 Å². The number of nitriles is 1. The molecule has 204 valence electrons. The Labute approximate surface area is 237 Å². The van der Waals surface area contributed by atoms with Crippen molar-refractivity contribution < 1.29 is 0 Å². The van der Waals surface area contributed by atoms with Crippen molar-refractivity contribution in [3.05, 3.63) is 52.7 Å². The van der Waals surface area contributed by atoms with Gasteiger partial charge < -0.3 is 14.8 Å². The molecule has 39 heavy (non-hydrogen) atoms. The van der Waals surface area contributed by atoms with Gasteiger partial charge in [-0.3, -0.25) is 9.88 Å². The number of pyridine rings is 2. The minimum atomic E-state index is -0.606. The molecule has 2 fully saturated rings. The first-order chi connectivity index (χ1) is 18.9. The Morgan fingerprint density at radius 3 is 2.54 bits per heavy atom. The Hall–Kier alpha value is -3.10. The second kappa shape index (κ2) is 12.0. The summed E-state index contributed by atoms with van der Waals surface area (Å²) in [6.45, 7) is 12.8. The molecule has 0 bridgehead atoms. The predicted octanol–water partition coefficient (Wildman–Crippen LogP) is 5.43. The predicted molar refractivity (Wildman–Crippen MR) is 158 cm³/mol. The number of hydrogen-bond donors (Lipinski definition) is 1. The van der Waals surface area contributed by atoms with Crippen LogP contribution in [0.1, 0.15) is 63.4 Å². The van der Waals surface area contributed by atoms with Gasteiger partial charge in [0.25, 0.3) is 0 Å². The largest absolute Gasteiger partial charge is 0.373 e. The van der Waals surface area contributed by atoms with Crippen LogP contribution in [-0.2, 0) is 18.5 Å². The number of anilines is 1. The lowest BCUT2D eigenvalue weighted by atomic mass is 9.91. The molecule has 0 aliphatic carbocycles. The maximum absolute atomic E-state index is 9.31. The highest BCUT2D eigenvalue weighted by Gasteiger charge is 2.27. The summed E-state index contributed by atoms with van der Waals surface area (Å²) in [4.78, 5) is 14.3. The van der Waals surface area contributed by atoms with Gasteiger partial charge in [0.05, 0.1) is 46.8 Å². The lowest BCUT2D eigenvalue weighted by molar-refractivity contribution is 0.123. The summed E-state index contributed by atoms with van der Waals surface area (Å²) in [7, 11) is 0. The van der Waals surface area contributed by atoms with Crippen LogP contribution < -0.4 is 5.32 Å². The number of halogens is 1. The molecule has 5 heterocycles. The highest BCUT2D eigenvalue weighted by atomic mass is 35.5. The van der Waals surface area contributed by atoms with E-state index in [1.165, 1.54) is 44.3 Å². The Bertz CT molecular complexity index is 1390. The first kappa shape index (κ1) is 27.5. The molecule has 0 unspecified atom stereocenters. The Kier molecular flexibility index (Phi) is 8.43. The van der Waals surface area contributed by atoms with Gasteiger partial charge in [-0.25, -0.2) is 4.98 Å². The van der Waals surface area contributed by atoms with Crippen molar-refractivity contribution in [1.82, 2.24) is 24.3 Å². The summed E-state index contributed by atoms with van der Waals surface area (Å²) in [5.74, 6) is 6.60. The van der Waals surface area contributed by atoms with Gasteiger partial charge in [0, 0.05) is 30.7 Å². The summed E-state index contributed by atoms with van der Waals surface area (Å²) in [6.07, 6.45) is 8.91. The SMILES string of the molecule is CCn1c(C#CCNc2ccc(C(C)(C)C#N)nc2)cc2c(CN3CCC(N4CCCC4)CC3)cnc(Cl)c21. The first-order valence-electron chi connectivity index (χ1n) is 14.1. The zero-order valence-electron chi connectivity index (χ0n) is 23.3. The zero-order chi connectivity index (χ0) is 27.4. The highest BCUT2D eigenvalue weighted by molar-refractivity contribution is 6.34. The van der Waals surface area contributed by atoms with E-state index in [0.29, 0.717) is 11.7 Å². The molecule has 5 rings (SSSR count). The van der Waals surface area contributed by atoms with E-state index in [2.05, 4.69) is 60.6 Å². The van der Waals surface area contributed by atoms with Crippen LogP contribution in [0.5, 0.6) is 0 Å². The Balaban J connectivity index is 1.27. The number of nitrogens with one attached hydrogen (secondary N) is 1. The molecule has 8 heteroatoms. The number of fused-ring (bicyclic) bond motifs is 1. The van der Waals surface area contributed by atoms with E-state index in [0.717, 1.165) is 60.2 Å². The van der Waals surface area contributed by atoms with Crippen LogP contribution in [0.3, 0.4) is 0 Å². The summed E-state index contributed by atoms with van der Waals surface area (Å²) in [5.41, 5.74) is 4.16. The van der Waals surface area contributed by atoms with Crippen LogP contribution in [0.4, 0.5) is 5.69 Å². The van der Waals surface area contributed by atoms with Crippen LogP contribution in [0, 0.1) is 23.2 Å². The molecule has 0 aromatic carbocycles. The lowest BCUT2D eigenvalue weighted by Crippen LogP contribution is -2.43. The second-order valence-corrected chi connectivity index (χ2v) is 11.5. The molecule has 1 N–H and O–H groups in total. The average Bonchev–Trinajstić information content (AvgIpc) is 3.62. The molecule has 7 nitrogen and oxygen atoms in total. The van der Waals surface area contributed by atoms with E-state index in [9.17, 15) is 5.26 Å². The van der Waals surface area contributed by atoms with Crippen molar-refractivity contribution in [2.24, 2.45) is 0 Å². The van der Waals surface area contributed by atoms with E-state index in [-0.39, 0.29) is 0 Å². The summed E-state index contributed by atoms with van der Waals surface area (Å²) in [6, 6.07) is 9.04. The van der Waals surface area contributed by atoms with Crippen molar-refractivity contribution in [2.45, 2.75) is 71.0 Å². The quantitative estimate of drug-likeness (QED) is 0.316. The smallest absolute Gasteiger partial charge is 0.153 e. The molecule has 2 saturated heterocycles. The number of rotatable bonds is 7. The van der Waals surface area contributed by atoms with Gasteiger partial charge in [0.1, 0.15) is 0 Å². The normalized spacial score (nSPS) is 17.2.